The molecule has 5 heteroatoms. The molecule has 2 aromatic carbocycles. The highest BCUT2D eigenvalue weighted by atomic mass is 79.9. The highest BCUT2D eigenvalue weighted by Gasteiger charge is 2.05. The fourth-order valence-electron chi connectivity index (χ4n) is 2.11. The molecule has 0 aliphatic heterocycles. The van der Waals surface area contributed by atoms with Gasteiger partial charge in [-0.1, -0.05) is 18.2 Å². The number of rotatable bonds is 7. The lowest BCUT2D eigenvalue weighted by Crippen LogP contribution is -2.21. The van der Waals surface area contributed by atoms with Crippen LogP contribution < -0.4 is 15.4 Å². The van der Waals surface area contributed by atoms with Crippen LogP contribution in [0.2, 0.25) is 0 Å². The molecule has 0 unspecified atom stereocenters. The topological polar surface area (TPSA) is 50.4 Å². The summed E-state index contributed by atoms with van der Waals surface area (Å²) < 4.78 is 6.02. The minimum absolute atomic E-state index is 0.00298. The van der Waals surface area contributed by atoms with Gasteiger partial charge >= 0.3 is 0 Å². The molecule has 0 aliphatic carbocycles. The lowest BCUT2D eigenvalue weighted by Gasteiger charge is -2.09. The number of carbonyl (C=O) groups is 1. The van der Waals surface area contributed by atoms with Gasteiger partial charge in [0.15, 0.2) is 0 Å². The van der Waals surface area contributed by atoms with Crippen molar-refractivity contribution in [1.82, 2.24) is 5.32 Å². The molecule has 0 bridgehead atoms. The van der Waals surface area contributed by atoms with Crippen LogP contribution in [0.15, 0.2) is 46.9 Å². The summed E-state index contributed by atoms with van der Waals surface area (Å²) in [5, 5.41) is 6.18. The van der Waals surface area contributed by atoms with Crippen molar-refractivity contribution in [2.75, 3.05) is 19.0 Å². The zero-order valence-corrected chi connectivity index (χ0v) is 14.9. The molecule has 2 aromatic rings. The van der Waals surface area contributed by atoms with Gasteiger partial charge in [0.25, 0.3) is 0 Å². The molecular weight excluding hydrogens is 356 g/mol. The number of aryl methyl sites for hydroxylation is 1. The Hall–Kier alpha value is -1.85. The third-order valence-corrected chi connectivity index (χ3v) is 4.07. The summed E-state index contributed by atoms with van der Waals surface area (Å²) >= 11 is 3.46. The molecule has 0 aliphatic rings. The lowest BCUT2D eigenvalue weighted by atomic mass is 10.2. The van der Waals surface area contributed by atoms with Crippen molar-refractivity contribution >= 4 is 27.5 Å². The van der Waals surface area contributed by atoms with Crippen LogP contribution in [0.4, 0.5) is 5.69 Å². The first kappa shape index (κ1) is 17.5. The van der Waals surface area contributed by atoms with E-state index in [-0.39, 0.29) is 5.91 Å². The third-order valence-electron chi connectivity index (χ3n) is 3.42. The van der Waals surface area contributed by atoms with Gasteiger partial charge in [-0.25, -0.2) is 0 Å². The third kappa shape index (κ3) is 5.69. The number of benzene rings is 2. The summed E-state index contributed by atoms with van der Waals surface area (Å²) in [6.07, 6.45) is 0.427. The van der Waals surface area contributed by atoms with Crippen LogP contribution >= 0.6 is 15.9 Å². The van der Waals surface area contributed by atoms with Crippen LogP contribution in [0.1, 0.15) is 17.5 Å². The first-order chi connectivity index (χ1) is 11.1. The molecule has 2 N–H and O–H groups in total. The van der Waals surface area contributed by atoms with Crippen molar-refractivity contribution in [1.29, 1.82) is 0 Å². The predicted molar refractivity (Wildman–Crippen MR) is 96.8 cm³/mol. The highest BCUT2D eigenvalue weighted by molar-refractivity contribution is 9.10. The normalized spacial score (nSPS) is 10.4. The SMILES string of the molecule is COc1ccc(CNCCC(=O)Nc2ccc(C)cc2Br)cc1. The highest BCUT2D eigenvalue weighted by Crippen LogP contribution is 2.23. The second-order valence-corrected chi connectivity index (χ2v) is 6.16. The summed E-state index contributed by atoms with van der Waals surface area (Å²) in [4.78, 5) is 12.0. The first-order valence-corrected chi connectivity index (χ1v) is 8.27. The largest absolute Gasteiger partial charge is 0.497 e. The molecule has 0 atom stereocenters. The average molecular weight is 377 g/mol. The van der Waals surface area contributed by atoms with Crippen LogP contribution in [0.25, 0.3) is 0 Å². The van der Waals surface area contributed by atoms with Crippen LogP contribution in [0.3, 0.4) is 0 Å². The van der Waals surface area contributed by atoms with Crippen molar-refractivity contribution in [3.05, 3.63) is 58.1 Å². The molecule has 4 nitrogen and oxygen atoms in total. The molecule has 0 heterocycles. The molecule has 0 saturated heterocycles. The molecule has 0 aromatic heterocycles. The van der Waals surface area contributed by atoms with Crippen molar-refractivity contribution in [2.24, 2.45) is 0 Å². The van der Waals surface area contributed by atoms with E-state index in [1.165, 1.54) is 0 Å². The summed E-state index contributed by atoms with van der Waals surface area (Å²) in [5.74, 6) is 0.841. The van der Waals surface area contributed by atoms with E-state index < -0.39 is 0 Å². The average Bonchev–Trinajstić information content (AvgIpc) is 2.55. The second-order valence-electron chi connectivity index (χ2n) is 5.31. The van der Waals surface area contributed by atoms with E-state index in [2.05, 4.69) is 26.6 Å². The van der Waals surface area contributed by atoms with E-state index in [1.54, 1.807) is 7.11 Å². The van der Waals surface area contributed by atoms with Gasteiger partial charge in [-0.3, -0.25) is 4.79 Å². The molecule has 122 valence electrons. The van der Waals surface area contributed by atoms with Crippen LogP contribution in [0.5, 0.6) is 5.75 Å². The summed E-state index contributed by atoms with van der Waals surface area (Å²) in [5.41, 5.74) is 3.11. The summed E-state index contributed by atoms with van der Waals surface area (Å²) in [6.45, 7) is 3.37. The Balaban J connectivity index is 1.72. The molecule has 0 spiro atoms. The number of nitrogens with one attached hydrogen (secondary N) is 2. The van der Waals surface area contributed by atoms with Crippen LogP contribution in [0, 0.1) is 6.92 Å². The molecule has 23 heavy (non-hydrogen) atoms. The van der Waals surface area contributed by atoms with E-state index in [1.807, 2.05) is 49.4 Å². The van der Waals surface area contributed by atoms with E-state index in [9.17, 15) is 4.79 Å². The van der Waals surface area contributed by atoms with Crippen molar-refractivity contribution in [2.45, 2.75) is 19.9 Å². The number of ether oxygens (including phenoxy) is 1. The van der Waals surface area contributed by atoms with E-state index in [0.29, 0.717) is 13.0 Å². The fraction of sp³-hybridized carbons (Fsp3) is 0.278. The standard InChI is InChI=1S/C18H21BrN2O2/c1-13-3-8-17(16(19)11-13)21-18(22)9-10-20-12-14-4-6-15(23-2)7-5-14/h3-8,11,20H,9-10,12H2,1-2H3,(H,21,22). The monoisotopic (exact) mass is 376 g/mol. The van der Waals surface area contributed by atoms with Crippen molar-refractivity contribution < 1.29 is 9.53 Å². The molecule has 0 radical (unpaired) electrons. The van der Waals surface area contributed by atoms with Gasteiger partial charge in [0.05, 0.1) is 12.8 Å². The Morgan fingerprint density at radius 3 is 2.57 bits per heavy atom. The minimum atomic E-state index is -0.00298. The van der Waals surface area contributed by atoms with Crippen molar-refractivity contribution in [3.63, 3.8) is 0 Å². The number of carbonyl (C=O) groups excluding carboxylic acids is 1. The smallest absolute Gasteiger partial charge is 0.225 e. The van der Waals surface area contributed by atoms with Gasteiger partial charge in [-0.2, -0.15) is 0 Å². The maximum atomic E-state index is 12.0. The Bertz CT molecular complexity index is 657. The summed E-state index contributed by atoms with van der Waals surface area (Å²) in [6, 6.07) is 13.7. The van der Waals surface area contributed by atoms with Crippen molar-refractivity contribution in [3.8, 4) is 5.75 Å². The van der Waals surface area contributed by atoms with Gasteiger partial charge in [0, 0.05) is 24.0 Å². The maximum absolute atomic E-state index is 12.0. The number of anilines is 1. The van der Waals surface area contributed by atoms with Gasteiger partial charge in [-0.05, 0) is 58.2 Å². The van der Waals surface area contributed by atoms with Gasteiger partial charge < -0.3 is 15.4 Å². The number of hydrogen-bond donors (Lipinski definition) is 2. The molecule has 0 fully saturated rings. The number of hydrogen-bond acceptors (Lipinski definition) is 3. The minimum Gasteiger partial charge on any atom is -0.497 e. The molecular formula is C18H21BrN2O2. The molecule has 0 saturated carbocycles. The lowest BCUT2D eigenvalue weighted by molar-refractivity contribution is -0.116. The van der Waals surface area contributed by atoms with E-state index >= 15 is 0 Å². The molecule has 1 amide bonds. The Morgan fingerprint density at radius 1 is 1.17 bits per heavy atom. The first-order valence-electron chi connectivity index (χ1n) is 7.48. The molecule has 2 rings (SSSR count). The second kappa shape index (κ2) is 8.70. The quantitative estimate of drug-likeness (QED) is 0.720. The van der Waals surface area contributed by atoms with Crippen LogP contribution in [-0.2, 0) is 11.3 Å². The zero-order valence-electron chi connectivity index (χ0n) is 13.4. The van der Waals surface area contributed by atoms with Gasteiger partial charge in [-0.15, -0.1) is 0 Å². The number of methoxy groups -OCH3 is 1. The Morgan fingerprint density at radius 2 is 1.91 bits per heavy atom. The Labute approximate surface area is 145 Å². The van der Waals surface area contributed by atoms with E-state index in [0.717, 1.165) is 33.6 Å². The Kier molecular flexibility index (Phi) is 6.62. The van der Waals surface area contributed by atoms with Gasteiger partial charge in [0.2, 0.25) is 5.91 Å². The predicted octanol–water partition coefficient (Wildman–Crippen LogP) is 3.88. The number of halogens is 1. The zero-order chi connectivity index (χ0) is 16.7. The summed E-state index contributed by atoms with van der Waals surface area (Å²) in [7, 11) is 1.65. The number of amides is 1. The van der Waals surface area contributed by atoms with E-state index in [4.69, 9.17) is 4.74 Å². The van der Waals surface area contributed by atoms with Crippen LogP contribution in [-0.4, -0.2) is 19.6 Å². The van der Waals surface area contributed by atoms with Gasteiger partial charge in [0.1, 0.15) is 5.75 Å². The fourth-order valence-corrected chi connectivity index (χ4v) is 2.70. The maximum Gasteiger partial charge on any atom is 0.225 e.